The topological polar surface area (TPSA) is 80.9 Å². The lowest BCUT2D eigenvalue weighted by Gasteiger charge is -2.22. The lowest BCUT2D eigenvalue weighted by molar-refractivity contribution is -0.115. The van der Waals surface area contributed by atoms with Crippen LogP contribution >= 0.6 is 11.6 Å². The Balaban J connectivity index is 1.56. The number of hydrogen-bond acceptors (Lipinski definition) is 4. The third-order valence-electron chi connectivity index (χ3n) is 5.79. The van der Waals surface area contributed by atoms with Crippen LogP contribution in [0.15, 0.2) is 54.7 Å². The highest BCUT2D eigenvalue weighted by atomic mass is 35.5. The van der Waals surface area contributed by atoms with Gasteiger partial charge in [0.25, 0.3) is 0 Å². The average molecular weight is 435 g/mol. The van der Waals surface area contributed by atoms with Crippen LogP contribution in [0.4, 0.5) is 11.5 Å². The molecule has 160 valence electrons. The predicted octanol–water partition coefficient (Wildman–Crippen LogP) is 5.68. The minimum atomic E-state index is -0.109. The average Bonchev–Trinajstić information content (AvgIpc) is 2.78. The molecule has 0 spiro atoms. The summed E-state index contributed by atoms with van der Waals surface area (Å²) in [5, 5.41) is 3.64. The fraction of sp³-hybridized carbons (Fsp3) is 0.320. The van der Waals surface area contributed by atoms with E-state index in [2.05, 4.69) is 10.3 Å². The van der Waals surface area contributed by atoms with Gasteiger partial charge < -0.3 is 11.1 Å². The van der Waals surface area contributed by atoms with Gasteiger partial charge >= 0.3 is 0 Å². The van der Waals surface area contributed by atoms with E-state index in [1.807, 2.05) is 36.4 Å². The molecule has 1 fully saturated rings. The lowest BCUT2D eigenvalue weighted by atomic mass is 9.86. The number of anilines is 2. The van der Waals surface area contributed by atoms with Crippen molar-refractivity contribution in [3.8, 4) is 11.3 Å². The zero-order valence-corrected chi connectivity index (χ0v) is 18.2. The van der Waals surface area contributed by atoms with Crippen molar-refractivity contribution in [1.82, 2.24) is 9.97 Å². The molecule has 1 aliphatic carbocycles. The number of hydrogen-bond donors (Lipinski definition) is 2. The second kappa shape index (κ2) is 9.92. The second-order valence-electron chi connectivity index (χ2n) is 8.23. The van der Waals surface area contributed by atoms with Gasteiger partial charge in [-0.1, -0.05) is 68.0 Å². The van der Waals surface area contributed by atoms with Gasteiger partial charge in [0.1, 0.15) is 0 Å². The first-order valence-electron chi connectivity index (χ1n) is 10.8. The number of rotatable bonds is 6. The Morgan fingerprint density at radius 2 is 1.74 bits per heavy atom. The van der Waals surface area contributed by atoms with Crippen LogP contribution in [0, 0.1) is 5.92 Å². The smallest absolute Gasteiger partial charge is 0.229 e. The van der Waals surface area contributed by atoms with Crippen LogP contribution in [0.3, 0.4) is 0 Å². The monoisotopic (exact) mass is 434 g/mol. The third kappa shape index (κ3) is 5.82. The predicted molar refractivity (Wildman–Crippen MR) is 126 cm³/mol. The summed E-state index contributed by atoms with van der Waals surface area (Å²) in [4.78, 5) is 22.2. The number of nitrogens with zero attached hydrogens (tertiary/aromatic N) is 2. The molecular formula is C25H27ClN4O. The number of nitrogens with two attached hydrogens (primary N) is 1. The molecule has 4 rings (SSSR count). The molecule has 31 heavy (non-hydrogen) atoms. The number of halogens is 1. The van der Waals surface area contributed by atoms with E-state index in [9.17, 15) is 4.79 Å². The van der Waals surface area contributed by atoms with Gasteiger partial charge in [-0.3, -0.25) is 4.79 Å². The van der Waals surface area contributed by atoms with Crippen LogP contribution in [-0.4, -0.2) is 15.9 Å². The normalized spacial score (nSPS) is 14.4. The van der Waals surface area contributed by atoms with Gasteiger partial charge in [0.15, 0.2) is 5.82 Å². The van der Waals surface area contributed by atoms with E-state index >= 15 is 0 Å². The Kier molecular flexibility index (Phi) is 6.82. The molecule has 2 aromatic carbocycles. The molecule has 5 nitrogen and oxygen atoms in total. The number of aromatic nitrogens is 2. The summed E-state index contributed by atoms with van der Waals surface area (Å²) in [6, 6.07) is 14.9. The maximum atomic E-state index is 12.7. The highest BCUT2D eigenvalue weighted by Crippen LogP contribution is 2.29. The van der Waals surface area contributed by atoms with E-state index in [0.29, 0.717) is 22.4 Å². The molecule has 1 heterocycles. The van der Waals surface area contributed by atoms with Crippen LogP contribution in [0.25, 0.3) is 11.3 Å². The summed E-state index contributed by atoms with van der Waals surface area (Å²) in [5.74, 6) is 1.03. The molecule has 6 heteroatoms. The highest BCUT2D eigenvalue weighted by Gasteiger charge is 2.19. The largest absolute Gasteiger partial charge is 0.399 e. The first-order valence-corrected chi connectivity index (χ1v) is 11.2. The zero-order chi connectivity index (χ0) is 21.6. The fourth-order valence-electron chi connectivity index (χ4n) is 4.10. The molecule has 0 aliphatic heterocycles. The summed E-state index contributed by atoms with van der Waals surface area (Å²) in [6.45, 7) is 0. The maximum absolute atomic E-state index is 12.7. The number of nitrogens with one attached hydrogen (secondary N) is 1. The van der Waals surface area contributed by atoms with E-state index in [0.717, 1.165) is 28.9 Å². The van der Waals surface area contributed by atoms with E-state index < -0.39 is 0 Å². The van der Waals surface area contributed by atoms with Crippen LogP contribution in [0.2, 0.25) is 5.02 Å². The van der Waals surface area contributed by atoms with Gasteiger partial charge in [0.05, 0.1) is 24.0 Å². The standard InChI is InChI=1S/C25H27ClN4O/c26-20-10-6-18(7-11-20)15-24(31)30-25-22(14-17-4-2-1-3-5-17)29-23(16-28-25)19-8-12-21(27)13-9-19/h6-13,16-17H,1-5,14-15,27H2,(H,28,30,31). The molecule has 1 saturated carbocycles. The Hall–Kier alpha value is -2.92. The number of nitrogen functional groups attached to an aromatic ring is 1. The van der Waals surface area contributed by atoms with Crippen LogP contribution in [0.1, 0.15) is 43.4 Å². The molecule has 3 aromatic rings. The van der Waals surface area contributed by atoms with E-state index in [4.69, 9.17) is 22.3 Å². The molecule has 0 unspecified atom stereocenters. The van der Waals surface area contributed by atoms with Gasteiger partial charge in [0.2, 0.25) is 5.91 Å². The summed E-state index contributed by atoms with van der Waals surface area (Å²) in [5.41, 5.74) is 10.0. The van der Waals surface area contributed by atoms with Crippen molar-refractivity contribution in [2.24, 2.45) is 5.92 Å². The van der Waals surface area contributed by atoms with Crippen LogP contribution in [-0.2, 0) is 17.6 Å². The number of amides is 1. The highest BCUT2D eigenvalue weighted by molar-refractivity contribution is 6.30. The van der Waals surface area contributed by atoms with Crippen molar-refractivity contribution in [3.05, 3.63) is 71.0 Å². The molecular weight excluding hydrogens is 408 g/mol. The van der Waals surface area contributed by atoms with Crippen molar-refractivity contribution in [2.75, 3.05) is 11.1 Å². The zero-order valence-electron chi connectivity index (χ0n) is 17.5. The minimum Gasteiger partial charge on any atom is -0.399 e. The van der Waals surface area contributed by atoms with Crippen LogP contribution < -0.4 is 11.1 Å². The molecule has 1 aliphatic rings. The molecule has 0 radical (unpaired) electrons. The Labute approximate surface area is 188 Å². The molecule has 1 amide bonds. The summed E-state index contributed by atoms with van der Waals surface area (Å²) in [6.07, 6.45) is 9.03. The SMILES string of the molecule is Nc1ccc(-c2cnc(NC(=O)Cc3ccc(Cl)cc3)c(CC3CCCCC3)n2)cc1. The third-order valence-corrected chi connectivity index (χ3v) is 6.05. The van der Waals surface area contributed by atoms with Crippen molar-refractivity contribution in [2.45, 2.75) is 44.9 Å². The summed E-state index contributed by atoms with van der Waals surface area (Å²) >= 11 is 5.94. The molecule has 0 bridgehead atoms. The van der Waals surface area contributed by atoms with Gasteiger partial charge in [-0.15, -0.1) is 0 Å². The van der Waals surface area contributed by atoms with Crippen molar-refractivity contribution < 1.29 is 4.79 Å². The molecule has 0 atom stereocenters. The number of carbonyl (C=O) groups is 1. The molecule has 3 N–H and O–H groups in total. The summed E-state index contributed by atoms with van der Waals surface area (Å²) in [7, 11) is 0. The Morgan fingerprint density at radius 1 is 1.03 bits per heavy atom. The lowest BCUT2D eigenvalue weighted by Crippen LogP contribution is -2.19. The first-order chi connectivity index (χ1) is 15.1. The second-order valence-corrected chi connectivity index (χ2v) is 8.67. The van der Waals surface area contributed by atoms with Crippen LogP contribution in [0.5, 0.6) is 0 Å². The minimum absolute atomic E-state index is 0.109. The van der Waals surface area contributed by atoms with Crippen molar-refractivity contribution in [1.29, 1.82) is 0 Å². The van der Waals surface area contributed by atoms with Gasteiger partial charge in [0, 0.05) is 16.3 Å². The fourth-order valence-corrected chi connectivity index (χ4v) is 4.22. The van der Waals surface area contributed by atoms with Gasteiger partial charge in [-0.2, -0.15) is 0 Å². The van der Waals surface area contributed by atoms with Crippen molar-refractivity contribution >= 4 is 29.0 Å². The van der Waals surface area contributed by atoms with E-state index in [-0.39, 0.29) is 12.3 Å². The van der Waals surface area contributed by atoms with Gasteiger partial charge in [-0.05, 0) is 42.2 Å². The van der Waals surface area contributed by atoms with Gasteiger partial charge in [-0.25, -0.2) is 9.97 Å². The number of benzene rings is 2. The van der Waals surface area contributed by atoms with E-state index in [1.54, 1.807) is 18.3 Å². The number of carbonyl (C=O) groups excluding carboxylic acids is 1. The maximum Gasteiger partial charge on any atom is 0.229 e. The Bertz CT molecular complexity index is 1030. The van der Waals surface area contributed by atoms with E-state index in [1.165, 1.54) is 32.1 Å². The molecule has 0 saturated heterocycles. The molecule has 1 aromatic heterocycles. The summed E-state index contributed by atoms with van der Waals surface area (Å²) < 4.78 is 0. The first kappa shape index (κ1) is 21.3. The Morgan fingerprint density at radius 3 is 2.45 bits per heavy atom. The van der Waals surface area contributed by atoms with Crippen molar-refractivity contribution in [3.63, 3.8) is 0 Å². The quantitative estimate of drug-likeness (QED) is 0.489.